The first-order chi connectivity index (χ1) is 9.96. The molecule has 8 nitrogen and oxygen atoms in total. The van der Waals surface area contributed by atoms with Gasteiger partial charge in [0.2, 0.25) is 11.2 Å². The molecule has 0 aliphatic carbocycles. The highest BCUT2D eigenvalue weighted by Crippen LogP contribution is 2.19. The SMILES string of the molecule is O=C/C(O)=C(O)\C=C\c1oc(/C=C/O)c(C=O)c(=O)c1O. The normalized spacial score (nSPS) is 12.6. The van der Waals surface area contributed by atoms with Crippen molar-refractivity contribution in [3.8, 4) is 5.75 Å². The Morgan fingerprint density at radius 1 is 1.05 bits per heavy atom. The van der Waals surface area contributed by atoms with Crippen LogP contribution in [0.1, 0.15) is 21.9 Å². The molecular weight excluding hydrogens is 284 g/mol. The Labute approximate surface area is 117 Å². The highest BCUT2D eigenvalue weighted by Gasteiger charge is 2.15. The number of allylic oxidation sites excluding steroid dienone is 2. The molecule has 110 valence electrons. The molecule has 0 aromatic carbocycles. The highest BCUT2D eigenvalue weighted by atomic mass is 16.4. The third kappa shape index (κ3) is 3.38. The molecule has 0 amide bonds. The van der Waals surface area contributed by atoms with E-state index in [1.165, 1.54) is 0 Å². The summed E-state index contributed by atoms with van der Waals surface area (Å²) in [6.07, 6.45) is 3.21. The summed E-state index contributed by atoms with van der Waals surface area (Å²) in [5.41, 5.74) is -1.56. The Morgan fingerprint density at radius 3 is 2.24 bits per heavy atom. The number of rotatable bonds is 5. The minimum Gasteiger partial charge on any atom is -0.515 e. The quantitative estimate of drug-likeness (QED) is 0.274. The van der Waals surface area contributed by atoms with E-state index >= 15 is 0 Å². The molecule has 0 atom stereocenters. The lowest BCUT2D eigenvalue weighted by Gasteiger charge is -2.03. The van der Waals surface area contributed by atoms with Crippen LogP contribution in [-0.2, 0) is 4.79 Å². The molecule has 0 aliphatic heterocycles. The average molecular weight is 294 g/mol. The van der Waals surface area contributed by atoms with Crippen molar-refractivity contribution in [2.75, 3.05) is 0 Å². The highest BCUT2D eigenvalue weighted by molar-refractivity contribution is 5.81. The third-order valence-electron chi connectivity index (χ3n) is 2.29. The molecule has 0 bridgehead atoms. The van der Waals surface area contributed by atoms with E-state index in [1.54, 1.807) is 0 Å². The van der Waals surface area contributed by atoms with Gasteiger partial charge in [-0.3, -0.25) is 14.4 Å². The lowest BCUT2D eigenvalue weighted by molar-refractivity contribution is -0.107. The van der Waals surface area contributed by atoms with E-state index in [2.05, 4.69) is 0 Å². The van der Waals surface area contributed by atoms with Gasteiger partial charge in [0.1, 0.15) is 11.3 Å². The minimum atomic E-state index is -1.05. The number of carbonyl (C=O) groups is 2. The Hall–Kier alpha value is -3.29. The predicted octanol–water partition coefficient (Wildman–Crippen LogP) is 1.23. The molecular formula is C13H10O8. The molecule has 0 radical (unpaired) electrons. The van der Waals surface area contributed by atoms with Gasteiger partial charge in [0, 0.05) is 6.08 Å². The lowest BCUT2D eigenvalue weighted by atomic mass is 10.2. The first kappa shape index (κ1) is 15.8. The Bertz CT molecular complexity index is 706. The van der Waals surface area contributed by atoms with Gasteiger partial charge in [0.25, 0.3) is 0 Å². The summed E-state index contributed by atoms with van der Waals surface area (Å²) >= 11 is 0. The summed E-state index contributed by atoms with van der Waals surface area (Å²) < 4.78 is 5.00. The summed E-state index contributed by atoms with van der Waals surface area (Å²) in [7, 11) is 0. The summed E-state index contributed by atoms with van der Waals surface area (Å²) in [6.45, 7) is 0. The maximum atomic E-state index is 11.7. The molecule has 0 fully saturated rings. The largest absolute Gasteiger partial charge is 0.515 e. The van der Waals surface area contributed by atoms with Crippen molar-refractivity contribution in [3.05, 3.63) is 51.2 Å². The second-order valence-corrected chi connectivity index (χ2v) is 3.58. The van der Waals surface area contributed by atoms with Gasteiger partial charge in [-0.05, 0) is 12.2 Å². The number of aliphatic hydroxyl groups is 3. The molecule has 0 saturated carbocycles. The average Bonchev–Trinajstić information content (AvgIpc) is 2.48. The Morgan fingerprint density at radius 2 is 1.71 bits per heavy atom. The summed E-state index contributed by atoms with van der Waals surface area (Å²) in [6, 6.07) is 0. The number of aliphatic hydroxyl groups excluding tert-OH is 3. The molecule has 0 unspecified atom stereocenters. The van der Waals surface area contributed by atoms with Crippen molar-refractivity contribution >= 4 is 24.7 Å². The molecule has 0 saturated heterocycles. The molecule has 1 rings (SSSR count). The van der Waals surface area contributed by atoms with Crippen LogP contribution in [0, 0.1) is 0 Å². The van der Waals surface area contributed by atoms with E-state index in [0.717, 1.165) is 18.2 Å². The zero-order valence-electron chi connectivity index (χ0n) is 10.4. The van der Waals surface area contributed by atoms with Crippen molar-refractivity contribution in [1.29, 1.82) is 0 Å². The zero-order chi connectivity index (χ0) is 16.0. The second-order valence-electron chi connectivity index (χ2n) is 3.58. The van der Waals surface area contributed by atoms with E-state index < -0.39 is 34.0 Å². The van der Waals surface area contributed by atoms with Gasteiger partial charge in [-0.15, -0.1) is 0 Å². The fraction of sp³-hybridized carbons (Fsp3) is 0. The van der Waals surface area contributed by atoms with E-state index in [9.17, 15) is 24.6 Å². The fourth-order valence-electron chi connectivity index (χ4n) is 1.29. The van der Waals surface area contributed by atoms with Crippen molar-refractivity contribution < 1.29 is 34.4 Å². The van der Waals surface area contributed by atoms with Gasteiger partial charge in [0.05, 0.1) is 6.26 Å². The second kappa shape index (κ2) is 6.75. The van der Waals surface area contributed by atoms with Gasteiger partial charge < -0.3 is 24.8 Å². The van der Waals surface area contributed by atoms with Crippen LogP contribution in [0.4, 0.5) is 0 Å². The summed E-state index contributed by atoms with van der Waals surface area (Å²) in [5.74, 6) is -3.48. The summed E-state index contributed by atoms with van der Waals surface area (Å²) in [4.78, 5) is 32.6. The van der Waals surface area contributed by atoms with Gasteiger partial charge in [-0.25, -0.2) is 0 Å². The van der Waals surface area contributed by atoms with Crippen LogP contribution in [-0.4, -0.2) is 33.0 Å². The standard InChI is InChI=1S/C13H10O8/c14-4-3-10-7(5-15)12(19)13(20)11(21-10)2-1-8(17)9(18)6-16/h1-6,14,17-18,20H/b2-1+,4-3+,9-8-. The van der Waals surface area contributed by atoms with Crippen LogP contribution in [0.5, 0.6) is 5.75 Å². The summed E-state index contributed by atoms with van der Waals surface area (Å²) in [5, 5.41) is 36.4. The van der Waals surface area contributed by atoms with Crippen molar-refractivity contribution in [2.24, 2.45) is 0 Å². The van der Waals surface area contributed by atoms with Crippen LogP contribution >= 0.6 is 0 Å². The first-order valence-corrected chi connectivity index (χ1v) is 5.37. The minimum absolute atomic E-state index is 0.0227. The number of aldehydes is 2. The Kier molecular flexibility index (Phi) is 5.07. The van der Waals surface area contributed by atoms with Crippen molar-refractivity contribution in [3.63, 3.8) is 0 Å². The monoisotopic (exact) mass is 294 g/mol. The van der Waals surface area contributed by atoms with Gasteiger partial charge in [-0.2, -0.15) is 0 Å². The molecule has 8 heteroatoms. The number of aromatic hydroxyl groups is 1. The van der Waals surface area contributed by atoms with Crippen LogP contribution in [0.25, 0.3) is 12.2 Å². The van der Waals surface area contributed by atoms with Crippen molar-refractivity contribution in [2.45, 2.75) is 0 Å². The Balaban J connectivity index is 3.46. The molecule has 1 heterocycles. The topological polar surface area (TPSA) is 145 Å². The molecule has 0 aliphatic rings. The van der Waals surface area contributed by atoms with Crippen LogP contribution in [0.2, 0.25) is 0 Å². The predicted molar refractivity (Wildman–Crippen MR) is 71.1 cm³/mol. The zero-order valence-corrected chi connectivity index (χ0v) is 10.4. The number of hydrogen-bond acceptors (Lipinski definition) is 8. The van der Waals surface area contributed by atoms with Crippen LogP contribution < -0.4 is 5.43 Å². The van der Waals surface area contributed by atoms with E-state index in [0.29, 0.717) is 6.26 Å². The first-order valence-electron chi connectivity index (χ1n) is 5.37. The van der Waals surface area contributed by atoms with Gasteiger partial charge >= 0.3 is 0 Å². The molecule has 1 aromatic heterocycles. The van der Waals surface area contributed by atoms with Crippen molar-refractivity contribution in [1.82, 2.24) is 0 Å². The van der Waals surface area contributed by atoms with Gasteiger partial charge in [-0.1, -0.05) is 0 Å². The maximum absolute atomic E-state index is 11.7. The van der Waals surface area contributed by atoms with Crippen LogP contribution in [0.3, 0.4) is 0 Å². The third-order valence-corrected chi connectivity index (χ3v) is 2.29. The van der Waals surface area contributed by atoms with E-state index in [1.807, 2.05) is 0 Å². The van der Waals surface area contributed by atoms with Gasteiger partial charge in [0.15, 0.2) is 29.9 Å². The fourth-order valence-corrected chi connectivity index (χ4v) is 1.29. The molecule has 4 N–H and O–H groups in total. The number of carbonyl (C=O) groups excluding carboxylic acids is 2. The van der Waals surface area contributed by atoms with E-state index in [4.69, 9.17) is 14.6 Å². The molecule has 1 aromatic rings. The maximum Gasteiger partial charge on any atom is 0.238 e. The van der Waals surface area contributed by atoms with E-state index in [-0.39, 0.29) is 18.3 Å². The lowest BCUT2D eigenvalue weighted by Crippen LogP contribution is -2.10. The molecule has 21 heavy (non-hydrogen) atoms. The molecule has 0 spiro atoms. The smallest absolute Gasteiger partial charge is 0.238 e. The van der Waals surface area contributed by atoms with Crippen LogP contribution in [0.15, 0.2) is 33.1 Å². The number of hydrogen-bond donors (Lipinski definition) is 4.